The maximum atomic E-state index is 13.2. The predicted molar refractivity (Wildman–Crippen MR) is 51.7 cm³/mol. The molecule has 0 fully saturated rings. The zero-order chi connectivity index (χ0) is 9.84. The third-order valence-electron chi connectivity index (χ3n) is 2.07. The summed E-state index contributed by atoms with van der Waals surface area (Å²) in [7, 11) is 0. The van der Waals surface area contributed by atoms with Crippen LogP contribution in [0.5, 0.6) is 0 Å². The van der Waals surface area contributed by atoms with E-state index >= 15 is 0 Å². The van der Waals surface area contributed by atoms with Gasteiger partial charge in [0.1, 0.15) is 12.5 Å². The van der Waals surface area contributed by atoms with Gasteiger partial charge in [-0.15, -0.1) is 0 Å². The van der Waals surface area contributed by atoms with Crippen LogP contribution in [-0.2, 0) is 0 Å². The summed E-state index contributed by atoms with van der Waals surface area (Å²) in [6.45, 7) is 7.09. The largest absolute Gasteiger partial charge is 0.270 e. The molecule has 1 aliphatic rings. The van der Waals surface area contributed by atoms with E-state index in [0.29, 0.717) is 11.0 Å². The van der Waals surface area contributed by atoms with Crippen LogP contribution in [0.1, 0.15) is 33.6 Å². The van der Waals surface area contributed by atoms with Gasteiger partial charge in [-0.2, -0.15) is 10.2 Å². The van der Waals surface area contributed by atoms with Crippen molar-refractivity contribution in [1.82, 2.24) is 10.1 Å². The van der Waals surface area contributed by atoms with E-state index in [9.17, 15) is 4.48 Å². The Morgan fingerprint density at radius 1 is 1.54 bits per heavy atom. The number of halogens is 1. The Hall–Kier alpha value is -0.800. The van der Waals surface area contributed by atoms with Gasteiger partial charge in [-0.3, -0.25) is 5.01 Å². The Bertz CT molecular complexity index is 182. The molecule has 0 spiro atoms. The van der Waals surface area contributed by atoms with Crippen LogP contribution in [0.4, 0.5) is 4.48 Å². The van der Waals surface area contributed by atoms with Crippen molar-refractivity contribution >= 4 is 6.34 Å². The van der Waals surface area contributed by atoms with E-state index < -0.39 is 0 Å². The van der Waals surface area contributed by atoms with Gasteiger partial charge >= 0.3 is 0 Å². The van der Waals surface area contributed by atoms with Gasteiger partial charge in [-0.05, 0) is 18.8 Å². The average molecular weight is 187 g/mol. The van der Waals surface area contributed by atoms with E-state index in [0.717, 1.165) is 19.4 Å². The zero-order valence-corrected chi connectivity index (χ0v) is 8.57. The highest BCUT2D eigenvalue weighted by Gasteiger charge is 2.27. The van der Waals surface area contributed by atoms with Crippen molar-refractivity contribution in [2.45, 2.75) is 39.8 Å². The van der Waals surface area contributed by atoms with Crippen LogP contribution in [0.2, 0.25) is 0 Å². The molecule has 0 aliphatic carbocycles. The average Bonchev–Trinajstić information content (AvgIpc) is 2.36. The summed E-state index contributed by atoms with van der Waals surface area (Å²) < 4.78 is 13.2. The van der Waals surface area contributed by atoms with Gasteiger partial charge in [0, 0.05) is 6.54 Å². The van der Waals surface area contributed by atoms with Gasteiger partial charge < -0.3 is 0 Å². The molecule has 0 bridgehead atoms. The molecular weight excluding hydrogens is 169 g/mol. The van der Waals surface area contributed by atoms with Crippen LogP contribution in [-0.4, -0.2) is 29.2 Å². The van der Waals surface area contributed by atoms with Gasteiger partial charge in [0.15, 0.2) is 0 Å². The second kappa shape index (κ2) is 4.44. The Balaban J connectivity index is 2.48. The van der Waals surface area contributed by atoms with Crippen molar-refractivity contribution in [3.8, 4) is 0 Å². The van der Waals surface area contributed by atoms with Crippen LogP contribution in [0, 0.1) is 5.92 Å². The number of hydrogen-bond donors (Lipinski definition) is 0. The third kappa shape index (κ3) is 2.57. The van der Waals surface area contributed by atoms with E-state index in [-0.39, 0.29) is 6.17 Å². The van der Waals surface area contributed by atoms with Crippen molar-refractivity contribution in [3.05, 3.63) is 0 Å². The number of nitrogens with zero attached hydrogens (tertiary/aromatic N) is 3. The lowest BCUT2D eigenvalue weighted by Crippen LogP contribution is -2.36. The summed E-state index contributed by atoms with van der Waals surface area (Å²) >= 11 is 0. The minimum atomic E-state index is -0.181. The van der Waals surface area contributed by atoms with E-state index in [1.165, 1.54) is 6.34 Å². The lowest BCUT2D eigenvalue weighted by atomic mass is 10.1. The lowest BCUT2D eigenvalue weighted by molar-refractivity contribution is -0.00640. The van der Waals surface area contributed by atoms with Crippen LogP contribution in [0.3, 0.4) is 0 Å². The highest BCUT2D eigenvalue weighted by molar-refractivity contribution is 5.55. The van der Waals surface area contributed by atoms with Crippen LogP contribution >= 0.6 is 0 Å². The first-order valence-corrected chi connectivity index (χ1v) is 4.90. The topological polar surface area (TPSA) is 18.8 Å². The monoisotopic (exact) mass is 187 g/mol. The van der Waals surface area contributed by atoms with Gasteiger partial charge in [0.25, 0.3) is 0 Å². The molecule has 0 aromatic heterocycles. The minimum Gasteiger partial charge on any atom is -0.270 e. The van der Waals surface area contributed by atoms with Gasteiger partial charge in [-0.25, -0.2) is 0 Å². The molecule has 1 heterocycles. The van der Waals surface area contributed by atoms with E-state index in [2.05, 4.69) is 25.9 Å². The molecule has 0 aromatic rings. The zero-order valence-electron chi connectivity index (χ0n) is 8.57. The fourth-order valence-corrected chi connectivity index (χ4v) is 1.48. The number of hydrazone groups is 1. The Morgan fingerprint density at radius 3 is 2.77 bits per heavy atom. The van der Waals surface area contributed by atoms with Crippen molar-refractivity contribution < 1.29 is 4.48 Å². The molecule has 0 radical (unpaired) electrons. The quantitative estimate of drug-likeness (QED) is 0.628. The molecule has 4 heteroatoms. The summed E-state index contributed by atoms with van der Waals surface area (Å²) in [6.07, 6.45) is 2.90. The van der Waals surface area contributed by atoms with E-state index in [1.807, 2.05) is 5.01 Å². The van der Waals surface area contributed by atoms with Crippen molar-refractivity contribution in [1.29, 1.82) is 0 Å². The highest BCUT2D eigenvalue weighted by atomic mass is 19.2. The third-order valence-corrected chi connectivity index (χ3v) is 2.07. The second-order valence-electron chi connectivity index (χ2n) is 3.85. The summed E-state index contributed by atoms with van der Waals surface area (Å²) in [6, 6.07) is 0. The molecule has 1 aliphatic heterocycles. The van der Waals surface area contributed by atoms with Crippen LogP contribution in [0.15, 0.2) is 5.10 Å². The van der Waals surface area contributed by atoms with Crippen LogP contribution in [0.25, 0.3) is 0 Å². The van der Waals surface area contributed by atoms with E-state index in [4.69, 9.17) is 0 Å². The first kappa shape index (κ1) is 10.3. The molecular formula is C9H18FN3. The summed E-state index contributed by atoms with van der Waals surface area (Å²) in [5.74, 6) is 0.490. The molecule has 1 unspecified atom stereocenters. The molecule has 76 valence electrons. The first-order valence-electron chi connectivity index (χ1n) is 4.90. The van der Waals surface area contributed by atoms with Gasteiger partial charge in [0.05, 0.1) is 0 Å². The highest BCUT2D eigenvalue weighted by Crippen LogP contribution is 2.20. The Morgan fingerprint density at radius 2 is 2.23 bits per heavy atom. The summed E-state index contributed by atoms with van der Waals surface area (Å²) in [4.78, 5) is 0. The normalized spacial score (nSPS) is 22.1. The molecule has 3 nitrogen and oxygen atoms in total. The fraction of sp³-hybridized carbons (Fsp3) is 0.889. The molecule has 0 amide bonds. The molecule has 0 saturated heterocycles. The molecule has 13 heavy (non-hydrogen) atoms. The van der Waals surface area contributed by atoms with Gasteiger partial charge in [-0.1, -0.05) is 25.3 Å². The van der Waals surface area contributed by atoms with Gasteiger partial charge in [0.2, 0.25) is 0 Å². The summed E-state index contributed by atoms with van der Waals surface area (Å²) in [5, 5.41) is 6.52. The molecule has 1 atom stereocenters. The van der Waals surface area contributed by atoms with Crippen molar-refractivity contribution in [2.24, 2.45) is 11.0 Å². The SMILES string of the molecule is CCCN1N=CN(F)C1CC(C)C. The Labute approximate surface area is 79.1 Å². The lowest BCUT2D eigenvalue weighted by Gasteiger charge is -2.26. The second-order valence-corrected chi connectivity index (χ2v) is 3.85. The molecule has 1 rings (SSSR count). The van der Waals surface area contributed by atoms with E-state index in [1.54, 1.807) is 0 Å². The molecule has 0 aromatic carbocycles. The van der Waals surface area contributed by atoms with Crippen molar-refractivity contribution in [2.75, 3.05) is 6.54 Å². The summed E-state index contributed by atoms with van der Waals surface area (Å²) in [5.41, 5.74) is 0. The maximum absolute atomic E-state index is 13.2. The number of hydrogen-bond acceptors (Lipinski definition) is 3. The first-order chi connectivity index (χ1) is 6.15. The smallest absolute Gasteiger partial charge is 0.149 e. The molecule has 0 N–H and O–H groups in total. The van der Waals surface area contributed by atoms with Crippen LogP contribution < -0.4 is 0 Å². The Kier molecular flexibility index (Phi) is 3.51. The predicted octanol–water partition coefficient (Wildman–Crippen LogP) is 2.21. The molecule has 0 saturated carbocycles. The number of rotatable bonds is 4. The van der Waals surface area contributed by atoms with Crippen molar-refractivity contribution in [3.63, 3.8) is 0 Å². The standard InChI is InChI=1S/C9H18FN3/c1-4-5-13-9(6-8(2)3)12(10)7-11-13/h7-9H,4-6H2,1-3H3. The minimum absolute atomic E-state index is 0.181. The fourth-order valence-electron chi connectivity index (χ4n) is 1.48. The maximum Gasteiger partial charge on any atom is 0.149 e.